The predicted molar refractivity (Wildman–Crippen MR) is 59.0 cm³/mol. The van der Waals surface area contributed by atoms with E-state index in [9.17, 15) is 8.42 Å². The van der Waals surface area contributed by atoms with Gasteiger partial charge in [0.1, 0.15) is 0 Å². The third-order valence-electron chi connectivity index (χ3n) is 1.93. The van der Waals surface area contributed by atoms with Crippen molar-refractivity contribution in [1.29, 1.82) is 0 Å². The van der Waals surface area contributed by atoms with Gasteiger partial charge in [0.15, 0.2) is 0 Å². The molecule has 0 aliphatic rings. The van der Waals surface area contributed by atoms with Gasteiger partial charge in [0.2, 0.25) is 10.0 Å². The van der Waals surface area contributed by atoms with E-state index in [0.29, 0.717) is 6.42 Å². The van der Waals surface area contributed by atoms with E-state index in [1.165, 1.54) is 0 Å². The molecule has 0 radical (unpaired) electrons. The summed E-state index contributed by atoms with van der Waals surface area (Å²) < 4.78 is 24.3. The molecule has 1 aromatic carbocycles. The largest absolute Gasteiger partial charge is 0.395 e. The molecule has 0 unspecified atom stereocenters. The van der Waals surface area contributed by atoms with Crippen LogP contribution in [0.3, 0.4) is 0 Å². The monoisotopic (exact) mass is 229 g/mol. The van der Waals surface area contributed by atoms with E-state index >= 15 is 0 Å². The normalized spacial score (nSPS) is 13.7. The zero-order valence-corrected chi connectivity index (χ0v) is 9.37. The highest BCUT2D eigenvalue weighted by atomic mass is 32.2. The zero-order chi connectivity index (χ0) is 11.3. The van der Waals surface area contributed by atoms with E-state index in [1.807, 2.05) is 30.3 Å². The zero-order valence-electron chi connectivity index (χ0n) is 8.55. The van der Waals surface area contributed by atoms with Crippen molar-refractivity contribution in [2.75, 3.05) is 12.9 Å². The van der Waals surface area contributed by atoms with Gasteiger partial charge < -0.3 is 5.11 Å². The van der Waals surface area contributed by atoms with Crippen LogP contribution in [0.15, 0.2) is 30.3 Å². The maximum atomic E-state index is 11.0. The van der Waals surface area contributed by atoms with E-state index in [1.54, 1.807) is 0 Å². The van der Waals surface area contributed by atoms with Gasteiger partial charge in [0.25, 0.3) is 0 Å². The Morgan fingerprint density at radius 3 is 2.40 bits per heavy atom. The third kappa shape index (κ3) is 4.92. The van der Waals surface area contributed by atoms with E-state index < -0.39 is 16.1 Å². The second-order valence-corrected chi connectivity index (χ2v) is 5.24. The first kappa shape index (κ1) is 12.2. The van der Waals surface area contributed by atoms with Crippen LogP contribution in [0.1, 0.15) is 5.56 Å². The van der Waals surface area contributed by atoms with Crippen molar-refractivity contribution in [2.24, 2.45) is 0 Å². The lowest BCUT2D eigenvalue weighted by atomic mass is 10.1. The molecule has 5 heteroatoms. The molecular weight excluding hydrogens is 214 g/mol. The lowest BCUT2D eigenvalue weighted by Crippen LogP contribution is -2.38. The van der Waals surface area contributed by atoms with Gasteiger partial charge in [0, 0.05) is 6.04 Å². The van der Waals surface area contributed by atoms with E-state index in [4.69, 9.17) is 5.11 Å². The van der Waals surface area contributed by atoms with Crippen molar-refractivity contribution < 1.29 is 13.5 Å². The number of hydrogen-bond donors (Lipinski definition) is 2. The minimum absolute atomic E-state index is 0.206. The summed E-state index contributed by atoms with van der Waals surface area (Å²) in [6.45, 7) is -0.206. The lowest BCUT2D eigenvalue weighted by molar-refractivity contribution is 0.256. The highest BCUT2D eigenvalue weighted by Gasteiger charge is 2.12. The second kappa shape index (κ2) is 5.25. The molecular formula is C10H15NO3S. The average Bonchev–Trinajstić information content (AvgIpc) is 2.16. The van der Waals surface area contributed by atoms with Crippen LogP contribution in [-0.4, -0.2) is 32.4 Å². The Hall–Kier alpha value is -0.910. The Morgan fingerprint density at radius 1 is 1.33 bits per heavy atom. The molecule has 0 saturated heterocycles. The Balaban J connectivity index is 2.63. The standard InChI is InChI=1S/C10H15NO3S/c1-15(13,14)11-10(8-12)7-9-5-3-2-4-6-9/h2-6,10-12H,7-8H2,1H3/t10-/m1/s1. The SMILES string of the molecule is CS(=O)(=O)N[C@@H](CO)Cc1ccccc1. The van der Waals surface area contributed by atoms with Crippen molar-refractivity contribution in [1.82, 2.24) is 4.72 Å². The Bertz CT molecular complexity index is 388. The summed E-state index contributed by atoms with van der Waals surface area (Å²) in [6, 6.07) is 8.98. The van der Waals surface area contributed by atoms with Crippen molar-refractivity contribution in [3.05, 3.63) is 35.9 Å². The number of nitrogens with one attached hydrogen (secondary N) is 1. The summed E-state index contributed by atoms with van der Waals surface area (Å²) in [7, 11) is -3.27. The number of aliphatic hydroxyl groups is 1. The molecule has 1 atom stereocenters. The highest BCUT2D eigenvalue weighted by Crippen LogP contribution is 2.03. The predicted octanol–water partition coefficient (Wildman–Crippen LogP) is 0.139. The molecule has 1 rings (SSSR count). The van der Waals surface area contributed by atoms with Crippen LogP contribution in [-0.2, 0) is 16.4 Å². The molecule has 2 N–H and O–H groups in total. The fourth-order valence-electron chi connectivity index (χ4n) is 1.34. The van der Waals surface area contributed by atoms with Gasteiger partial charge in [-0.15, -0.1) is 0 Å². The van der Waals surface area contributed by atoms with Gasteiger partial charge in [-0.2, -0.15) is 0 Å². The van der Waals surface area contributed by atoms with Crippen molar-refractivity contribution in [3.63, 3.8) is 0 Å². The van der Waals surface area contributed by atoms with E-state index in [2.05, 4.69) is 4.72 Å². The Morgan fingerprint density at radius 2 is 1.93 bits per heavy atom. The van der Waals surface area contributed by atoms with Crippen LogP contribution in [0.5, 0.6) is 0 Å². The summed E-state index contributed by atoms with van der Waals surface area (Å²) in [5.41, 5.74) is 0.993. The van der Waals surface area contributed by atoms with Crippen molar-refractivity contribution in [3.8, 4) is 0 Å². The summed E-state index contributed by atoms with van der Waals surface area (Å²) in [6.07, 6.45) is 1.57. The van der Waals surface area contributed by atoms with Crippen LogP contribution < -0.4 is 4.72 Å². The van der Waals surface area contributed by atoms with Gasteiger partial charge in [0.05, 0.1) is 12.9 Å². The van der Waals surface area contributed by atoms with Crippen molar-refractivity contribution >= 4 is 10.0 Å². The summed E-state index contributed by atoms with van der Waals surface area (Å²) >= 11 is 0. The van der Waals surface area contributed by atoms with Crippen LogP contribution in [0.25, 0.3) is 0 Å². The highest BCUT2D eigenvalue weighted by molar-refractivity contribution is 7.88. The first-order valence-electron chi connectivity index (χ1n) is 4.63. The van der Waals surface area contributed by atoms with Gasteiger partial charge >= 0.3 is 0 Å². The van der Waals surface area contributed by atoms with Crippen molar-refractivity contribution in [2.45, 2.75) is 12.5 Å². The fraction of sp³-hybridized carbons (Fsp3) is 0.400. The topological polar surface area (TPSA) is 66.4 Å². The molecule has 1 aromatic rings. The number of sulfonamides is 1. The number of rotatable bonds is 5. The van der Waals surface area contributed by atoms with Gasteiger partial charge in [-0.3, -0.25) is 0 Å². The van der Waals surface area contributed by atoms with Gasteiger partial charge in [-0.05, 0) is 12.0 Å². The maximum Gasteiger partial charge on any atom is 0.209 e. The number of hydrogen-bond acceptors (Lipinski definition) is 3. The fourth-order valence-corrected chi connectivity index (χ4v) is 2.11. The average molecular weight is 229 g/mol. The molecule has 0 heterocycles. The van der Waals surface area contributed by atoms with Crippen LogP contribution in [0.2, 0.25) is 0 Å². The van der Waals surface area contributed by atoms with Gasteiger partial charge in [-0.1, -0.05) is 30.3 Å². The quantitative estimate of drug-likeness (QED) is 0.754. The number of aliphatic hydroxyl groups excluding tert-OH is 1. The molecule has 0 fully saturated rings. The maximum absolute atomic E-state index is 11.0. The van der Waals surface area contributed by atoms with Crippen LogP contribution >= 0.6 is 0 Å². The second-order valence-electron chi connectivity index (χ2n) is 3.46. The Kier molecular flexibility index (Phi) is 4.26. The molecule has 84 valence electrons. The van der Waals surface area contributed by atoms with Crippen LogP contribution in [0, 0.1) is 0 Å². The number of benzene rings is 1. The molecule has 15 heavy (non-hydrogen) atoms. The van der Waals surface area contributed by atoms with E-state index in [0.717, 1.165) is 11.8 Å². The van der Waals surface area contributed by atoms with Crippen LogP contribution in [0.4, 0.5) is 0 Å². The summed E-state index contributed by atoms with van der Waals surface area (Å²) in [5, 5.41) is 9.02. The minimum Gasteiger partial charge on any atom is -0.395 e. The molecule has 0 saturated carbocycles. The van der Waals surface area contributed by atoms with Gasteiger partial charge in [-0.25, -0.2) is 13.1 Å². The molecule has 0 aromatic heterocycles. The lowest BCUT2D eigenvalue weighted by Gasteiger charge is -2.14. The molecule has 0 amide bonds. The Labute approximate surface area is 90.0 Å². The first-order chi connectivity index (χ1) is 7.01. The molecule has 4 nitrogen and oxygen atoms in total. The smallest absolute Gasteiger partial charge is 0.209 e. The minimum atomic E-state index is -3.27. The molecule has 0 spiro atoms. The summed E-state index contributed by atoms with van der Waals surface area (Å²) in [4.78, 5) is 0. The molecule has 0 aliphatic heterocycles. The third-order valence-corrected chi connectivity index (χ3v) is 2.69. The van der Waals surface area contributed by atoms with E-state index in [-0.39, 0.29) is 6.61 Å². The summed E-state index contributed by atoms with van der Waals surface area (Å²) in [5.74, 6) is 0. The molecule has 0 aliphatic carbocycles. The molecule has 0 bridgehead atoms. The first-order valence-corrected chi connectivity index (χ1v) is 6.52.